The number of piperidine rings is 1. The molecule has 1 fully saturated rings. The van der Waals surface area contributed by atoms with Gasteiger partial charge in [-0.25, -0.2) is 0 Å². The van der Waals surface area contributed by atoms with Gasteiger partial charge in [-0.3, -0.25) is 9.59 Å². The summed E-state index contributed by atoms with van der Waals surface area (Å²) in [4.78, 5) is 26.9. The van der Waals surface area contributed by atoms with Gasteiger partial charge in [0.1, 0.15) is 0 Å². The summed E-state index contributed by atoms with van der Waals surface area (Å²) < 4.78 is 0. The van der Waals surface area contributed by atoms with Gasteiger partial charge in [0.05, 0.1) is 13.0 Å². The average Bonchev–Trinajstić information content (AvgIpc) is 2.79. The second-order valence-electron chi connectivity index (χ2n) is 7.73. The monoisotopic (exact) mass is 401 g/mol. The van der Waals surface area contributed by atoms with Crippen LogP contribution in [0, 0.1) is 0 Å². The Balaban J connectivity index is 1.27. The number of benzene rings is 3. The van der Waals surface area contributed by atoms with Crippen LogP contribution in [0.4, 0.5) is 11.4 Å². The fraction of sp³-hybridized carbons (Fsp3) is 0.280. The van der Waals surface area contributed by atoms with Crippen LogP contribution in [0.3, 0.4) is 0 Å². The zero-order valence-corrected chi connectivity index (χ0v) is 17.1. The van der Waals surface area contributed by atoms with E-state index in [2.05, 4.69) is 15.5 Å². The molecule has 154 valence electrons. The third-order valence-corrected chi connectivity index (χ3v) is 5.55. The zero-order chi connectivity index (χ0) is 20.8. The maximum Gasteiger partial charge on any atom is 0.243 e. The number of carbonyl (C=O) groups is 2. The van der Waals surface area contributed by atoms with Crippen molar-refractivity contribution in [1.82, 2.24) is 5.32 Å². The molecule has 0 atom stereocenters. The topological polar surface area (TPSA) is 61.4 Å². The molecule has 2 amide bonds. The van der Waals surface area contributed by atoms with E-state index in [-0.39, 0.29) is 24.8 Å². The van der Waals surface area contributed by atoms with E-state index in [4.69, 9.17) is 0 Å². The predicted molar refractivity (Wildman–Crippen MR) is 122 cm³/mol. The van der Waals surface area contributed by atoms with Gasteiger partial charge >= 0.3 is 0 Å². The molecule has 30 heavy (non-hydrogen) atoms. The number of fused-ring (bicyclic) bond motifs is 1. The van der Waals surface area contributed by atoms with E-state index in [9.17, 15) is 9.59 Å². The number of amides is 2. The molecule has 5 nitrogen and oxygen atoms in total. The summed E-state index contributed by atoms with van der Waals surface area (Å²) in [6, 6.07) is 21.8. The molecule has 1 saturated heterocycles. The lowest BCUT2D eigenvalue weighted by atomic mass is 10.0. The summed E-state index contributed by atoms with van der Waals surface area (Å²) in [5.41, 5.74) is 2.89. The van der Waals surface area contributed by atoms with Gasteiger partial charge < -0.3 is 15.5 Å². The first kappa shape index (κ1) is 20.0. The molecule has 0 aromatic heterocycles. The van der Waals surface area contributed by atoms with Crippen LogP contribution in [0.5, 0.6) is 0 Å². The zero-order valence-electron chi connectivity index (χ0n) is 17.1. The van der Waals surface area contributed by atoms with Crippen molar-refractivity contribution >= 4 is 34.0 Å². The third kappa shape index (κ3) is 4.98. The molecule has 4 rings (SSSR count). The number of nitrogens with one attached hydrogen (secondary N) is 2. The quantitative estimate of drug-likeness (QED) is 0.653. The summed E-state index contributed by atoms with van der Waals surface area (Å²) >= 11 is 0. The Morgan fingerprint density at radius 1 is 0.800 bits per heavy atom. The number of carbonyl (C=O) groups excluding carboxylic acids is 2. The second-order valence-corrected chi connectivity index (χ2v) is 7.73. The minimum absolute atomic E-state index is 0.0442. The van der Waals surface area contributed by atoms with Crippen LogP contribution in [-0.2, 0) is 16.0 Å². The molecule has 0 radical (unpaired) electrons. The lowest BCUT2D eigenvalue weighted by molar-refractivity contribution is -0.123. The van der Waals surface area contributed by atoms with Crippen molar-refractivity contribution in [3.05, 3.63) is 72.3 Å². The predicted octanol–water partition coefficient (Wildman–Crippen LogP) is 4.13. The first-order valence-electron chi connectivity index (χ1n) is 10.6. The van der Waals surface area contributed by atoms with Crippen molar-refractivity contribution in [1.29, 1.82) is 0 Å². The lowest BCUT2D eigenvalue weighted by Gasteiger charge is -2.28. The van der Waals surface area contributed by atoms with Crippen molar-refractivity contribution in [3.63, 3.8) is 0 Å². The Labute approximate surface area is 177 Å². The highest BCUT2D eigenvalue weighted by Crippen LogP contribution is 2.22. The SMILES string of the molecule is O=C(Cc1cccc2ccccc12)NCC(=O)Nc1ccc(N2CCCCC2)cc1. The summed E-state index contributed by atoms with van der Waals surface area (Å²) in [6.45, 7) is 2.14. The largest absolute Gasteiger partial charge is 0.372 e. The molecule has 0 aliphatic carbocycles. The fourth-order valence-electron chi connectivity index (χ4n) is 3.97. The molecule has 3 aromatic carbocycles. The van der Waals surface area contributed by atoms with E-state index in [0.29, 0.717) is 0 Å². The smallest absolute Gasteiger partial charge is 0.243 e. The number of hydrogen-bond donors (Lipinski definition) is 2. The third-order valence-electron chi connectivity index (χ3n) is 5.55. The molecule has 0 bridgehead atoms. The number of nitrogens with zero attached hydrogens (tertiary/aromatic N) is 1. The molecule has 5 heteroatoms. The van der Waals surface area contributed by atoms with Crippen LogP contribution in [-0.4, -0.2) is 31.4 Å². The molecular weight excluding hydrogens is 374 g/mol. The van der Waals surface area contributed by atoms with Gasteiger partial charge in [0.2, 0.25) is 11.8 Å². The molecule has 0 spiro atoms. The standard InChI is InChI=1S/C25H27N3O2/c29-24(17-20-9-6-8-19-7-2-3-10-23(19)20)26-18-25(30)27-21-11-13-22(14-12-21)28-15-4-1-5-16-28/h2-3,6-14H,1,4-5,15-18H2,(H,26,29)(H,27,30). The van der Waals surface area contributed by atoms with Gasteiger partial charge in [-0.15, -0.1) is 0 Å². The van der Waals surface area contributed by atoms with Crippen molar-refractivity contribution in [2.45, 2.75) is 25.7 Å². The highest BCUT2D eigenvalue weighted by Gasteiger charge is 2.12. The van der Waals surface area contributed by atoms with Crippen LogP contribution < -0.4 is 15.5 Å². The van der Waals surface area contributed by atoms with Gasteiger partial charge in [0.15, 0.2) is 0 Å². The molecule has 1 heterocycles. The summed E-state index contributed by atoms with van der Waals surface area (Å²) in [5.74, 6) is -0.394. The van der Waals surface area contributed by atoms with Crippen LogP contribution in [0.1, 0.15) is 24.8 Å². The van der Waals surface area contributed by atoms with Gasteiger partial charge in [-0.2, -0.15) is 0 Å². The molecule has 3 aromatic rings. The molecule has 0 unspecified atom stereocenters. The second kappa shape index (κ2) is 9.44. The highest BCUT2D eigenvalue weighted by molar-refractivity contribution is 5.96. The maximum atomic E-state index is 12.3. The van der Waals surface area contributed by atoms with E-state index in [1.165, 1.54) is 24.9 Å². The normalized spacial score (nSPS) is 13.8. The number of rotatable bonds is 6. The first-order chi connectivity index (χ1) is 14.7. The summed E-state index contributed by atoms with van der Waals surface area (Å²) in [5, 5.41) is 7.74. The first-order valence-corrected chi connectivity index (χ1v) is 10.6. The van der Waals surface area contributed by atoms with Crippen LogP contribution in [0.2, 0.25) is 0 Å². The van der Waals surface area contributed by atoms with Crippen LogP contribution in [0.15, 0.2) is 66.7 Å². The van der Waals surface area contributed by atoms with E-state index < -0.39 is 0 Å². The Kier molecular flexibility index (Phi) is 6.28. The van der Waals surface area contributed by atoms with Crippen molar-refractivity contribution in [2.24, 2.45) is 0 Å². The Hall–Kier alpha value is -3.34. The minimum atomic E-state index is -0.230. The van der Waals surface area contributed by atoms with E-state index >= 15 is 0 Å². The number of hydrogen-bond acceptors (Lipinski definition) is 3. The molecule has 2 N–H and O–H groups in total. The van der Waals surface area contributed by atoms with Crippen LogP contribution >= 0.6 is 0 Å². The minimum Gasteiger partial charge on any atom is -0.372 e. The van der Waals surface area contributed by atoms with E-state index in [1.807, 2.05) is 66.7 Å². The Bertz CT molecular complexity index is 1020. The highest BCUT2D eigenvalue weighted by atomic mass is 16.2. The van der Waals surface area contributed by atoms with E-state index in [1.54, 1.807) is 0 Å². The maximum absolute atomic E-state index is 12.3. The van der Waals surface area contributed by atoms with E-state index in [0.717, 1.165) is 35.1 Å². The van der Waals surface area contributed by atoms with Crippen molar-refractivity contribution in [2.75, 3.05) is 29.9 Å². The van der Waals surface area contributed by atoms with Crippen molar-refractivity contribution < 1.29 is 9.59 Å². The number of anilines is 2. The molecule has 0 saturated carbocycles. The lowest BCUT2D eigenvalue weighted by Crippen LogP contribution is -2.33. The Morgan fingerprint density at radius 2 is 1.53 bits per heavy atom. The van der Waals surface area contributed by atoms with Crippen molar-refractivity contribution in [3.8, 4) is 0 Å². The molecule has 1 aliphatic heterocycles. The Morgan fingerprint density at radius 3 is 2.33 bits per heavy atom. The fourth-order valence-corrected chi connectivity index (χ4v) is 3.97. The van der Waals surface area contributed by atoms with Gasteiger partial charge in [0, 0.05) is 24.5 Å². The van der Waals surface area contributed by atoms with Gasteiger partial charge in [-0.05, 0) is 59.9 Å². The van der Waals surface area contributed by atoms with Gasteiger partial charge in [-0.1, -0.05) is 42.5 Å². The van der Waals surface area contributed by atoms with Crippen LogP contribution in [0.25, 0.3) is 10.8 Å². The summed E-state index contributed by atoms with van der Waals surface area (Å²) in [6.07, 6.45) is 4.02. The summed E-state index contributed by atoms with van der Waals surface area (Å²) in [7, 11) is 0. The molecule has 1 aliphatic rings. The average molecular weight is 402 g/mol. The van der Waals surface area contributed by atoms with Gasteiger partial charge in [0.25, 0.3) is 0 Å². The molecular formula is C25H27N3O2.